The van der Waals surface area contributed by atoms with Crippen LogP contribution >= 0.6 is 0 Å². The number of amides is 1. The number of carbonyl (C=O) groups is 1. The van der Waals surface area contributed by atoms with Crippen LogP contribution in [0.4, 0.5) is 5.69 Å². The molecule has 2 rings (SSSR count). The van der Waals surface area contributed by atoms with Gasteiger partial charge < -0.3 is 5.32 Å². The van der Waals surface area contributed by atoms with E-state index in [-0.39, 0.29) is 17.4 Å². The Kier molecular flexibility index (Phi) is 3.67. The van der Waals surface area contributed by atoms with Crippen LogP contribution in [0.15, 0.2) is 12.1 Å². The van der Waals surface area contributed by atoms with Gasteiger partial charge in [0.05, 0.1) is 17.4 Å². The van der Waals surface area contributed by atoms with Crippen molar-refractivity contribution in [3.63, 3.8) is 0 Å². The molecule has 4 nitrogen and oxygen atoms in total. The van der Waals surface area contributed by atoms with Gasteiger partial charge in [-0.15, -0.1) is 0 Å². The molecule has 0 saturated carbocycles. The molecule has 0 bridgehead atoms. The van der Waals surface area contributed by atoms with Gasteiger partial charge in [-0.3, -0.25) is 4.79 Å². The molecule has 1 unspecified atom stereocenters. The SMILES string of the molecule is Cc1cc(C)c(NC(=O)C2CCS(=O)(=O)C2)c(C)c1. The van der Waals surface area contributed by atoms with Crippen molar-refractivity contribution in [2.24, 2.45) is 5.92 Å². The number of sulfone groups is 1. The second-order valence-corrected chi connectivity index (χ2v) is 7.59. The third-order valence-electron chi connectivity index (χ3n) is 3.53. The summed E-state index contributed by atoms with van der Waals surface area (Å²) in [7, 11) is -3.02. The van der Waals surface area contributed by atoms with E-state index in [0.29, 0.717) is 6.42 Å². The molecule has 1 aromatic rings. The molecule has 1 fully saturated rings. The number of benzene rings is 1. The van der Waals surface area contributed by atoms with Gasteiger partial charge in [-0.05, 0) is 38.3 Å². The Morgan fingerprint density at radius 1 is 1.21 bits per heavy atom. The Balaban J connectivity index is 2.16. The second kappa shape index (κ2) is 4.96. The van der Waals surface area contributed by atoms with Crippen molar-refractivity contribution in [2.75, 3.05) is 16.8 Å². The van der Waals surface area contributed by atoms with E-state index in [1.165, 1.54) is 0 Å². The van der Waals surface area contributed by atoms with Crippen molar-refractivity contribution in [1.82, 2.24) is 0 Å². The van der Waals surface area contributed by atoms with Crippen LogP contribution in [0.1, 0.15) is 23.1 Å². The van der Waals surface area contributed by atoms with E-state index >= 15 is 0 Å². The second-order valence-electron chi connectivity index (χ2n) is 5.36. The highest BCUT2D eigenvalue weighted by molar-refractivity contribution is 7.91. The number of hydrogen-bond acceptors (Lipinski definition) is 3. The van der Waals surface area contributed by atoms with Gasteiger partial charge in [-0.1, -0.05) is 17.7 Å². The van der Waals surface area contributed by atoms with Crippen LogP contribution in [-0.2, 0) is 14.6 Å². The Bertz CT molecular complexity index is 597. The Morgan fingerprint density at radius 3 is 2.26 bits per heavy atom. The lowest BCUT2D eigenvalue weighted by Gasteiger charge is -2.15. The van der Waals surface area contributed by atoms with Crippen molar-refractivity contribution in [3.05, 3.63) is 28.8 Å². The zero-order valence-corrected chi connectivity index (χ0v) is 12.3. The molecule has 1 aromatic carbocycles. The number of carbonyl (C=O) groups excluding carboxylic acids is 1. The minimum Gasteiger partial charge on any atom is -0.325 e. The first-order valence-corrected chi connectivity index (χ1v) is 8.20. The average molecular weight is 281 g/mol. The summed E-state index contributed by atoms with van der Waals surface area (Å²) in [6.07, 6.45) is 0.429. The van der Waals surface area contributed by atoms with Crippen LogP contribution in [0.2, 0.25) is 0 Å². The fourth-order valence-electron chi connectivity index (χ4n) is 2.60. The summed E-state index contributed by atoms with van der Waals surface area (Å²) in [5, 5.41) is 2.88. The zero-order valence-electron chi connectivity index (χ0n) is 11.5. The fraction of sp³-hybridized carbons (Fsp3) is 0.500. The summed E-state index contributed by atoms with van der Waals surface area (Å²) in [5.74, 6) is -0.499. The predicted molar refractivity (Wildman–Crippen MR) is 76.0 cm³/mol. The van der Waals surface area contributed by atoms with Gasteiger partial charge in [-0.25, -0.2) is 8.42 Å². The van der Waals surface area contributed by atoms with Gasteiger partial charge in [0, 0.05) is 5.69 Å². The third kappa shape index (κ3) is 3.15. The highest BCUT2D eigenvalue weighted by Gasteiger charge is 2.33. The smallest absolute Gasteiger partial charge is 0.228 e. The first kappa shape index (κ1) is 14.1. The predicted octanol–water partition coefficient (Wildman–Crippen LogP) is 1.99. The minimum absolute atomic E-state index is 0.0250. The lowest BCUT2D eigenvalue weighted by Crippen LogP contribution is -2.24. The molecule has 19 heavy (non-hydrogen) atoms. The maximum atomic E-state index is 12.1. The van der Waals surface area contributed by atoms with Gasteiger partial charge in [0.1, 0.15) is 0 Å². The molecule has 1 N–H and O–H groups in total. The van der Waals surface area contributed by atoms with E-state index in [4.69, 9.17) is 0 Å². The first-order chi connectivity index (χ1) is 8.78. The van der Waals surface area contributed by atoms with Crippen molar-refractivity contribution in [3.8, 4) is 0 Å². The molecule has 0 radical (unpaired) electrons. The Morgan fingerprint density at radius 2 is 1.79 bits per heavy atom. The molecule has 1 amide bonds. The number of nitrogens with one attached hydrogen (secondary N) is 1. The summed E-state index contributed by atoms with van der Waals surface area (Å²) in [4.78, 5) is 12.1. The quantitative estimate of drug-likeness (QED) is 0.901. The Hall–Kier alpha value is -1.36. The molecular weight excluding hydrogens is 262 g/mol. The number of aryl methyl sites for hydroxylation is 3. The fourth-order valence-corrected chi connectivity index (χ4v) is 4.35. The maximum Gasteiger partial charge on any atom is 0.228 e. The summed E-state index contributed by atoms with van der Waals surface area (Å²) < 4.78 is 22.8. The minimum atomic E-state index is -3.02. The van der Waals surface area contributed by atoms with Crippen LogP contribution < -0.4 is 5.32 Å². The summed E-state index contributed by atoms with van der Waals surface area (Å²) >= 11 is 0. The van der Waals surface area contributed by atoms with Gasteiger partial charge in [0.15, 0.2) is 9.84 Å². The molecule has 1 saturated heterocycles. The van der Waals surface area contributed by atoms with Gasteiger partial charge in [0.2, 0.25) is 5.91 Å². The van der Waals surface area contributed by atoms with Crippen LogP contribution in [0.25, 0.3) is 0 Å². The van der Waals surface area contributed by atoms with Gasteiger partial charge in [-0.2, -0.15) is 0 Å². The Labute approximate surface area is 114 Å². The molecule has 0 spiro atoms. The maximum absolute atomic E-state index is 12.1. The molecular formula is C14H19NO3S. The molecule has 1 atom stereocenters. The van der Waals surface area contributed by atoms with Crippen LogP contribution in [0.5, 0.6) is 0 Å². The monoisotopic (exact) mass is 281 g/mol. The van der Waals surface area contributed by atoms with Crippen LogP contribution in [0, 0.1) is 26.7 Å². The summed E-state index contributed by atoms with van der Waals surface area (Å²) in [6.45, 7) is 5.90. The van der Waals surface area contributed by atoms with Crippen molar-refractivity contribution >= 4 is 21.4 Å². The lowest BCUT2D eigenvalue weighted by molar-refractivity contribution is -0.119. The average Bonchev–Trinajstić information content (AvgIpc) is 2.64. The summed E-state index contributed by atoms with van der Waals surface area (Å²) in [5.41, 5.74) is 3.97. The molecule has 104 valence electrons. The number of anilines is 1. The van der Waals surface area contributed by atoms with Gasteiger partial charge in [0.25, 0.3) is 0 Å². The molecule has 0 aromatic heterocycles. The normalized spacial score (nSPS) is 21.3. The third-order valence-corrected chi connectivity index (χ3v) is 5.30. The molecule has 1 heterocycles. The lowest BCUT2D eigenvalue weighted by atomic mass is 10.0. The highest BCUT2D eigenvalue weighted by Crippen LogP contribution is 2.25. The van der Waals surface area contributed by atoms with E-state index in [0.717, 1.165) is 22.4 Å². The van der Waals surface area contributed by atoms with Crippen molar-refractivity contribution < 1.29 is 13.2 Å². The highest BCUT2D eigenvalue weighted by atomic mass is 32.2. The van der Waals surface area contributed by atoms with Gasteiger partial charge >= 0.3 is 0 Å². The summed E-state index contributed by atoms with van der Waals surface area (Å²) in [6, 6.07) is 4.02. The largest absolute Gasteiger partial charge is 0.325 e. The van der Waals surface area contributed by atoms with E-state index in [1.54, 1.807) is 0 Å². The molecule has 1 aliphatic rings. The van der Waals surface area contributed by atoms with E-state index in [2.05, 4.69) is 5.32 Å². The molecule has 5 heteroatoms. The molecule has 1 aliphatic heterocycles. The topological polar surface area (TPSA) is 63.2 Å². The van der Waals surface area contributed by atoms with E-state index in [1.807, 2.05) is 32.9 Å². The van der Waals surface area contributed by atoms with Crippen molar-refractivity contribution in [2.45, 2.75) is 27.2 Å². The van der Waals surface area contributed by atoms with E-state index < -0.39 is 15.8 Å². The van der Waals surface area contributed by atoms with Crippen molar-refractivity contribution in [1.29, 1.82) is 0 Å². The van der Waals surface area contributed by atoms with Crippen LogP contribution in [0.3, 0.4) is 0 Å². The number of rotatable bonds is 2. The zero-order chi connectivity index (χ0) is 14.2. The van der Waals surface area contributed by atoms with E-state index in [9.17, 15) is 13.2 Å². The first-order valence-electron chi connectivity index (χ1n) is 6.37. The molecule has 0 aliphatic carbocycles. The number of hydrogen-bond donors (Lipinski definition) is 1. The standard InChI is InChI=1S/C14H19NO3S/c1-9-6-10(2)13(11(3)7-9)15-14(16)12-4-5-19(17,18)8-12/h6-7,12H,4-5,8H2,1-3H3,(H,15,16). The van der Waals surface area contributed by atoms with Crippen LogP contribution in [-0.4, -0.2) is 25.8 Å².